The summed E-state index contributed by atoms with van der Waals surface area (Å²) in [6.07, 6.45) is 1.55. The number of rotatable bonds is 5. The van der Waals surface area contributed by atoms with Gasteiger partial charge in [-0.1, -0.05) is 12.1 Å². The number of aryl methyl sites for hydroxylation is 1. The predicted octanol–water partition coefficient (Wildman–Crippen LogP) is 0.770. The molecule has 0 spiro atoms. The molecule has 0 bridgehead atoms. The van der Waals surface area contributed by atoms with Crippen molar-refractivity contribution in [2.75, 3.05) is 19.0 Å². The molecule has 116 valence electrons. The van der Waals surface area contributed by atoms with Crippen LogP contribution in [0.2, 0.25) is 0 Å². The van der Waals surface area contributed by atoms with Crippen LogP contribution >= 0.6 is 0 Å². The van der Waals surface area contributed by atoms with Crippen LogP contribution in [-0.4, -0.2) is 36.4 Å². The third kappa shape index (κ3) is 3.85. The van der Waals surface area contributed by atoms with Crippen molar-refractivity contribution in [1.29, 1.82) is 0 Å². The highest BCUT2D eigenvalue weighted by Gasteiger charge is 2.10. The number of benzene rings is 1. The monoisotopic (exact) mass is 301 g/mol. The Balaban J connectivity index is 1.92. The second-order valence-corrected chi connectivity index (χ2v) is 5.14. The Labute approximate surface area is 128 Å². The first-order chi connectivity index (χ1) is 10.5. The maximum atomic E-state index is 11.8. The van der Waals surface area contributed by atoms with Crippen molar-refractivity contribution in [3.63, 3.8) is 0 Å². The van der Waals surface area contributed by atoms with Gasteiger partial charge >= 0.3 is 0 Å². The molecule has 0 saturated heterocycles. The molecule has 0 fully saturated rings. The highest BCUT2D eigenvalue weighted by atomic mass is 16.2. The van der Waals surface area contributed by atoms with Gasteiger partial charge in [-0.2, -0.15) is 5.10 Å². The molecule has 1 aromatic carbocycles. The lowest BCUT2D eigenvalue weighted by atomic mass is 10.2. The van der Waals surface area contributed by atoms with Crippen molar-refractivity contribution >= 4 is 17.8 Å². The molecule has 2 rings (SSSR count). The van der Waals surface area contributed by atoms with Crippen molar-refractivity contribution in [3.05, 3.63) is 51.4 Å². The van der Waals surface area contributed by atoms with Gasteiger partial charge in [0.15, 0.2) is 0 Å². The highest BCUT2D eigenvalue weighted by Crippen LogP contribution is 2.10. The van der Waals surface area contributed by atoms with Crippen LogP contribution < -0.4 is 15.9 Å². The van der Waals surface area contributed by atoms with E-state index in [9.17, 15) is 9.59 Å². The molecular weight excluding hydrogens is 282 g/mol. The number of hydrazone groups is 1. The fraction of sp³-hybridized carbons (Fsp3) is 0.267. The van der Waals surface area contributed by atoms with Crippen LogP contribution in [0.15, 0.2) is 34.2 Å². The van der Waals surface area contributed by atoms with Crippen LogP contribution in [0.3, 0.4) is 0 Å². The van der Waals surface area contributed by atoms with Crippen LogP contribution in [0.4, 0.5) is 5.69 Å². The van der Waals surface area contributed by atoms with E-state index in [-0.39, 0.29) is 17.9 Å². The zero-order valence-corrected chi connectivity index (χ0v) is 12.8. The van der Waals surface area contributed by atoms with E-state index >= 15 is 0 Å². The fourth-order valence-corrected chi connectivity index (χ4v) is 1.92. The van der Waals surface area contributed by atoms with E-state index in [1.807, 2.05) is 43.3 Å². The lowest BCUT2D eigenvalue weighted by molar-refractivity contribution is -0.120. The molecule has 1 aromatic heterocycles. The molecule has 7 nitrogen and oxygen atoms in total. The average Bonchev–Trinajstić information content (AvgIpc) is 2.79. The highest BCUT2D eigenvalue weighted by molar-refractivity contribution is 5.83. The van der Waals surface area contributed by atoms with Crippen molar-refractivity contribution < 1.29 is 4.79 Å². The smallest absolute Gasteiger partial charge is 0.267 e. The second-order valence-electron chi connectivity index (χ2n) is 5.14. The second kappa shape index (κ2) is 6.75. The van der Waals surface area contributed by atoms with Crippen LogP contribution in [0.1, 0.15) is 16.8 Å². The molecule has 0 unspecified atom stereocenters. The summed E-state index contributed by atoms with van der Waals surface area (Å²) in [5, 5.41) is 9.01. The van der Waals surface area contributed by atoms with Crippen molar-refractivity contribution in [3.8, 4) is 0 Å². The molecule has 3 N–H and O–H groups in total. The average molecular weight is 301 g/mol. The fourth-order valence-electron chi connectivity index (χ4n) is 1.92. The Morgan fingerprint density at radius 3 is 2.50 bits per heavy atom. The third-order valence-electron chi connectivity index (χ3n) is 3.24. The minimum Gasteiger partial charge on any atom is -0.378 e. The number of aromatic amines is 2. The molecular formula is C15H19N5O2. The van der Waals surface area contributed by atoms with E-state index < -0.39 is 0 Å². The molecule has 0 aliphatic heterocycles. The number of carbonyl (C=O) groups excluding carboxylic acids is 1. The Morgan fingerprint density at radius 2 is 1.95 bits per heavy atom. The third-order valence-corrected chi connectivity index (χ3v) is 3.24. The van der Waals surface area contributed by atoms with Gasteiger partial charge in [0.1, 0.15) is 0 Å². The van der Waals surface area contributed by atoms with E-state index in [1.54, 1.807) is 13.1 Å². The number of amides is 1. The van der Waals surface area contributed by atoms with Crippen LogP contribution in [0, 0.1) is 6.92 Å². The summed E-state index contributed by atoms with van der Waals surface area (Å²) >= 11 is 0. The van der Waals surface area contributed by atoms with E-state index in [0.29, 0.717) is 11.3 Å². The van der Waals surface area contributed by atoms with E-state index in [1.165, 1.54) is 0 Å². The molecule has 22 heavy (non-hydrogen) atoms. The SMILES string of the molecule is Cc1[nH][nH]c(=O)c1CC(=O)N/N=C/c1ccc(N(C)C)cc1. The van der Waals surface area contributed by atoms with Gasteiger partial charge in [-0.3, -0.25) is 14.7 Å². The Kier molecular flexibility index (Phi) is 4.77. The van der Waals surface area contributed by atoms with Gasteiger partial charge in [-0.15, -0.1) is 0 Å². The van der Waals surface area contributed by atoms with Crippen LogP contribution in [0.5, 0.6) is 0 Å². The number of hydrogen-bond acceptors (Lipinski definition) is 4. The van der Waals surface area contributed by atoms with Gasteiger partial charge in [-0.05, 0) is 24.6 Å². The lowest BCUT2D eigenvalue weighted by Gasteiger charge is -2.11. The summed E-state index contributed by atoms with van der Waals surface area (Å²) < 4.78 is 0. The van der Waals surface area contributed by atoms with Crippen LogP contribution in [-0.2, 0) is 11.2 Å². The zero-order chi connectivity index (χ0) is 16.1. The molecule has 2 aromatic rings. The number of carbonyl (C=O) groups is 1. The first-order valence-electron chi connectivity index (χ1n) is 6.83. The molecule has 7 heteroatoms. The van der Waals surface area contributed by atoms with Crippen molar-refractivity contribution in [2.45, 2.75) is 13.3 Å². The van der Waals surface area contributed by atoms with Crippen molar-refractivity contribution in [1.82, 2.24) is 15.6 Å². The number of anilines is 1. The summed E-state index contributed by atoms with van der Waals surface area (Å²) in [6, 6.07) is 7.75. The van der Waals surface area contributed by atoms with Gasteiger partial charge in [0.2, 0.25) is 5.91 Å². The normalized spacial score (nSPS) is 10.9. The molecule has 0 saturated carbocycles. The van der Waals surface area contributed by atoms with Gasteiger partial charge in [-0.25, -0.2) is 5.43 Å². The van der Waals surface area contributed by atoms with Gasteiger partial charge in [0.25, 0.3) is 5.56 Å². The molecule has 0 aliphatic rings. The van der Waals surface area contributed by atoms with E-state index in [2.05, 4.69) is 20.7 Å². The maximum Gasteiger partial charge on any atom is 0.267 e. The number of nitrogens with zero attached hydrogens (tertiary/aromatic N) is 2. The van der Waals surface area contributed by atoms with E-state index in [4.69, 9.17) is 0 Å². The van der Waals surface area contributed by atoms with Gasteiger partial charge in [0.05, 0.1) is 12.6 Å². The number of H-pyrrole nitrogens is 2. The zero-order valence-electron chi connectivity index (χ0n) is 12.8. The summed E-state index contributed by atoms with van der Waals surface area (Å²) in [4.78, 5) is 25.2. The molecule has 1 amide bonds. The summed E-state index contributed by atoms with van der Waals surface area (Å²) in [7, 11) is 3.93. The molecule has 0 atom stereocenters. The summed E-state index contributed by atoms with van der Waals surface area (Å²) in [5.41, 5.74) is 5.17. The topological polar surface area (TPSA) is 93.3 Å². The summed E-state index contributed by atoms with van der Waals surface area (Å²) in [6.45, 7) is 1.73. The minimum atomic E-state index is -0.339. The van der Waals surface area contributed by atoms with Gasteiger partial charge < -0.3 is 10.00 Å². The Hall–Kier alpha value is -2.83. The molecule has 1 heterocycles. The lowest BCUT2D eigenvalue weighted by Crippen LogP contribution is -2.23. The largest absolute Gasteiger partial charge is 0.378 e. The van der Waals surface area contributed by atoms with E-state index in [0.717, 1.165) is 11.3 Å². The standard InChI is InChI=1S/C15H19N5O2/c1-10-13(15(22)19-17-10)8-14(21)18-16-9-11-4-6-12(7-5-11)20(2)3/h4-7,9H,8H2,1-3H3,(H,18,21)(H2,17,19,22)/b16-9+. The Bertz CT molecular complexity index is 725. The number of aromatic nitrogens is 2. The molecule has 0 aliphatic carbocycles. The number of nitrogens with one attached hydrogen (secondary N) is 3. The summed E-state index contributed by atoms with van der Waals surface area (Å²) in [5.74, 6) is -0.339. The molecule has 0 radical (unpaired) electrons. The quantitative estimate of drug-likeness (QED) is 0.562. The predicted molar refractivity (Wildman–Crippen MR) is 86.4 cm³/mol. The maximum absolute atomic E-state index is 11.8. The first kappa shape index (κ1) is 15.6. The minimum absolute atomic E-state index is 0.0123. The van der Waals surface area contributed by atoms with Crippen LogP contribution in [0.25, 0.3) is 0 Å². The Morgan fingerprint density at radius 1 is 1.27 bits per heavy atom. The number of hydrogen-bond donors (Lipinski definition) is 3. The van der Waals surface area contributed by atoms with Gasteiger partial charge in [0, 0.05) is 31.0 Å². The van der Waals surface area contributed by atoms with Crippen molar-refractivity contribution in [2.24, 2.45) is 5.10 Å². The first-order valence-corrected chi connectivity index (χ1v) is 6.83.